The topological polar surface area (TPSA) is 55.5 Å². The van der Waals surface area contributed by atoms with Crippen LogP contribution >= 0.6 is 11.8 Å². The predicted molar refractivity (Wildman–Crippen MR) is 68.2 cm³/mol. The Bertz CT molecular complexity index is 225. The van der Waals surface area contributed by atoms with E-state index >= 15 is 0 Å². The standard InChI is InChI=1S/C8H16O.C3H6N2S/c1-6(2)5-8(9)7(3)4;4-3-5-1-2-6-3/h6-7H,5H2,1-4H3;1-2H2,(H2,4,5). The van der Waals surface area contributed by atoms with E-state index in [1.807, 2.05) is 13.8 Å². The highest BCUT2D eigenvalue weighted by atomic mass is 32.2. The maximum Gasteiger partial charge on any atom is 0.153 e. The first-order valence-corrected chi connectivity index (χ1v) is 6.37. The largest absolute Gasteiger partial charge is 0.379 e. The molecule has 3 nitrogen and oxygen atoms in total. The summed E-state index contributed by atoms with van der Waals surface area (Å²) in [6, 6.07) is 0. The van der Waals surface area contributed by atoms with Crippen LogP contribution in [0.1, 0.15) is 34.1 Å². The molecule has 1 heterocycles. The van der Waals surface area contributed by atoms with E-state index in [2.05, 4.69) is 18.8 Å². The fourth-order valence-corrected chi connectivity index (χ4v) is 1.56. The zero-order valence-electron chi connectivity index (χ0n) is 10.1. The van der Waals surface area contributed by atoms with Crippen molar-refractivity contribution in [2.75, 3.05) is 12.3 Å². The van der Waals surface area contributed by atoms with E-state index < -0.39 is 0 Å². The van der Waals surface area contributed by atoms with Crippen molar-refractivity contribution in [2.24, 2.45) is 22.6 Å². The van der Waals surface area contributed by atoms with Crippen LogP contribution in [0.5, 0.6) is 0 Å². The number of nitrogens with two attached hydrogens (primary N) is 1. The molecule has 0 atom stereocenters. The Morgan fingerprint density at radius 2 is 2.07 bits per heavy atom. The molecule has 2 N–H and O–H groups in total. The molecule has 4 heteroatoms. The molecule has 0 unspecified atom stereocenters. The van der Waals surface area contributed by atoms with Gasteiger partial charge in [0.2, 0.25) is 0 Å². The van der Waals surface area contributed by atoms with Gasteiger partial charge in [0.25, 0.3) is 0 Å². The Hall–Kier alpha value is -0.510. The van der Waals surface area contributed by atoms with E-state index in [-0.39, 0.29) is 5.92 Å². The first-order valence-electron chi connectivity index (χ1n) is 5.39. The molecule has 0 saturated heterocycles. The third-order valence-corrected chi connectivity index (χ3v) is 2.67. The molecule has 15 heavy (non-hydrogen) atoms. The first-order chi connectivity index (χ1) is 6.93. The number of hydrogen-bond acceptors (Lipinski definition) is 4. The number of hydrogen-bond donors (Lipinski definition) is 1. The second-order valence-electron chi connectivity index (χ2n) is 4.29. The van der Waals surface area contributed by atoms with E-state index in [4.69, 9.17) is 5.73 Å². The van der Waals surface area contributed by atoms with E-state index in [0.29, 0.717) is 11.7 Å². The van der Waals surface area contributed by atoms with Gasteiger partial charge in [0, 0.05) is 18.1 Å². The summed E-state index contributed by atoms with van der Waals surface area (Å²) in [6.07, 6.45) is 0.734. The average Bonchev–Trinajstić information content (AvgIpc) is 2.55. The van der Waals surface area contributed by atoms with Gasteiger partial charge < -0.3 is 5.73 Å². The van der Waals surface area contributed by atoms with Crippen LogP contribution in [0.3, 0.4) is 0 Å². The molecule has 88 valence electrons. The summed E-state index contributed by atoms with van der Waals surface area (Å²) in [7, 11) is 0. The fraction of sp³-hybridized carbons (Fsp3) is 0.818. The average molecular weight is 230 g/mol. The van der Waals surface area contributed by atoms with Gasteiger partial charge in [-0.3, -0.25) is 9.79 Å². The van der Waals surface area contributed by atoms with Crippen molar-refractivity contribution in [2.45, 2.75) is 34.1 Å². The smallest absolute Gasteiger partial charge is 0.153 e. The molecule has 0 amide bonds. The Labute approximate surface area is 96.9 Å². The number of ketones is 1. The van der Waals surface area contributed by atoms with Gasteiger partial charge in [-0.15, -0.1) is 0 Å². The van der Waals surface area contributed by atoms with Gasteiger partial charge in [0.1, 0.15) is 5.78 Å². The molecular weight excluding hydrogens is 208 g/mol. The number of carbonyl (C=O) groups is 1. The fourth-order valence-electron chi connectivity index (χ4n) is 0.990. The van der Waals surface area contributed by atoms with Gasteiger partial charge in [-0.2, -0.15) is 0 Å². The first kappa shape index (κ1) is 14.5. The van der Waals surface area contributed by atoms with E-state index in [9.17, 15) is 4.79 Å². The highest BCUT2D eigenvalue weighted by Gasteiger charge is 2.07. The number of aliphatic imine (C=N–C) groups is 1. The number of thioether (sulfide) groups is 1. The van der Waals surface area contributed by atoms with Crippen molar-refractivity contribution in [1.29, 1.82) is 0 Å². The molecule has 0 aromatic rings. The third-order valence-electron chi connectivity index (χ3n) is 1.86. The van der Waals surface area contributed by atoms with Crippen LogP contribution in [-0.4, -0.2) is 23.2 Å². The lowest BCUT2D eigenvalue weighted by Gasteiger charge is -2.05. The van der Waals surface area contributed by atoms with Gasteiger partial charge in [-0.05, 0) is 5.92 Å². The van der Waals surface area contributed by atoms with Crippen LogP contribution in [0, 0.1) is 11.8 Å². The van der Waals surface area contributed by atoms with Gasteiger partial charge in [0.05, 0.1) is 6.54 Å². The monoisotopic (exact) mass is 230 g/mol. The molecular formula is C11H22N2OS. The Kier molecular flexibility index (Phi) is 7.48. The molecule has 1 aliphatic heterocycles. The summed E-state index contributed by atoms with van der Waals surface area (Å²) < 4.78 is 0. The zero-order valence-corrected chi connectivity index (χ0v) is 10.9. The molecule has 1 aliphatic rings. The Balaban J connectivity index is 0.000000280. The molecule has 0 aromatic heterocycles. The second kappa shape index (κ2) is 7.74. The Morgan fingerprint density at radius 1 is 1.47 bits per heavy atom. The zero-order chi connectivity index (χ0) is 11.8. The van der Waals surface area contributed by atoms with Gasteiger partial charge in [-0.25, -0.2) is 0 Å². The normalized spacial score (nSPS) is 14.9. The number of carbonyl (C=O) groups excluding carboxylic acids is 1. The van der Waals surface area contributed by atoms with Crippen LogP contribution in [0.15, 0.2) is 4.99 Å². The van der Waals surface area contributed by atoms with Crippen molar-refractivity contribution in [3.8, 4) is 0 Å². The predicted octanol–water partition coefficient (Wildman–Crippen LogP) is 2.31. The SMILES string of the molecule is CC(C)CC(=O)C(C)C.NC1=NCCS1. The minimum atomic E-state index is 0.215. The third kappa shape index (κ3) is 8.48. The summed E-state index contributed by atoms with van der Waals surface area (Å²) in [5, 5.41) is 0.745. The number of Topliss-reactive ketones (excluding diaryl/α,β-unsaturated/α-hetero) is 1. The van der Waals surface area contributed by atoms with Gasteiger partial charge in [0.15, 0.2) is 5.17 Å². The quantitative estimate of drug-likeness (QED) is 0.809. The molecule has 0 saturated carbocycles. The van der Waals surface area contributed by atoms with Crippen LogP contribution in [-0.2, 0) is 4.79 Å². The van der Waals surface area contributed by atoms with E-state index in [1.54, 1.807) is 11.8 Å². The van der Waals surface area contributed by atoms with Crippen molar-refractivity contribution in [1.82, 2.24) is 0 Å². The molecule has 0 bridgehead atoms. The summed E-state index contributed by atoms with van der Waals surface area (Å²) in [5.41, 5.74) is 5.25. The van der Waals surface area contributed by atoms with Gasteiger partial charge in [-0.1, -0.05) is 39.5 Å². The maximum absolute atomic E-state index is 11.0. The maximum atomic E-state index is 11.0. The molecule has 0 radical (unpaired) electrons. The summed E-state index contributed by atoms with van der Waals surface area (Å²) in [4.78, 5) is 14.8. The summed E-state index contributed by atoms with van der Waals surface area (Å²) in [6.45, 7) is 8.95. The van der Waals surface area contributed by atoms with Crippen LogP contribution in [0.4, 0.5) is 0 Å². The van der Waals surface area contributed by atoms with Crippen molar-refractivity contribution < 1.29 is 4.79 Å². The molecule has 0 spiro atoms. The highest BCUT2D eigenvalue weighted by molar-refractivity contribution is 8.14. The number of nitrogens with zero attached hydrogens (tertiary/aromatic N) is 1. The van der Waals surface area contributed by atoms with Crippen LogP contribution < -0.4 is 5.73 Å². The van der Waals surface area contributed by atoms with Crippen molar-refractivity contribution >= 4 is 22.7 Å². The van der Waals surface area contributed by atoms with Crippen molar-refractivity contribution in [3.05, 3.63) is 0 Å². The molecule has 0 aromatic carbocycles. The summed E-state index contributed by atoms with van der Waals surface area (Å²) in [5.74, 6) is 2.18. The lowest BCUT2D eigenvalue weighted by Crippen LogP contribution is -2.09. The number of amidine groups is 1. The molecule has 0 aliphatic carbocycles. The second-order valence-corrected chi connectivity index (χ2v) is 5.40. The Morgan fingerprint density at radius 3 is 2.20 bits per heavy atom. The lowest BCUT2D eigenvalue weighted by molar-refractivity contribution is -0.122. The molecule has 0 fully saturated rings. The summed E-state index contributed by atoms with van der Waals surface area (Å²) >= 11 is 1.62. The minimum Gasteiger partial charge on any atom is -0.379 e. The highest BCUT2D eigenvalue weighted by Crippen LogP contribution is 2.06. The van der Waals surface area contributed by atoms with Crippen LogP contribution in [0.25, 0.3) is 0 Å². The minimum absolute atomic E-state index is 0.215. The van der Waals surface area contributed by atoms with Crippen LogP contribution in [0.2, 0.25) is 0 Å². The van der Waals surface area contributed by atoms with Crippen molar-refractivity contribution in [3.63, 3.8) is 0 Å². The molecule has 1 rings (SSSR count). The number of rotatable bonds is 3. The van der Waals surface area contributed by atoms with E-state index in [1.165, 1.54) is 0 Å². The van der Waals surface area contributed by atoms with E-state index in [0.717, 1.165) is 23.9 Å². The lowest BCUT2D eigenvalue weighted by atomic mass is 9.99. The van der Waals surface area contributed by atoms with Gasteiger partial charge >= 0.3 is 0 Å².